The summed E-state index contributed by atoms with van der Waals surface area (Å²) in [5.74, 6) is 1.94. The van der Waals surface area contributed by atoms with Gasteiger partial charge < -0.3 is 14.7 Å². The Hall–Kier alpha value is -1.57. The van der Waals surface area contributed by atoms with Crippen LogP contribution in [0.3, 0.4) is 0 Å². The summed E-state index contributed by atoms with van der Waals surface area (Å²) < 4.78 is 5.46. The van der Waals surface area contributed by atoms with Crippen LogP contribution >= 0.6 is 11.3 Å². The SMILES string of the molecule is Cc1nc(C2CCOC2)cc(N(CCO)Cc2nccs2)n1. The van der Waals surface area contributed by atoms with Crippen molar-refractivity contribution in [2.75, 3.05) is 31.3 Å². The maximum absolute atomic E-state index is 9.35. The van der Waals surface area contributed by atoms with E-state index in [-0.39, 0.29) is 6.61 Å². The first-order chi connectivity index (χ1) is 10.8. The van der Waals surface area contributed by atoms with Crippen LogP contribution in [0, 0.1) is 6.92 Å². The normalized spacial score (nSPS) is 17.8. The zero-order chi connectivity index (χ0) is 15.4. The molecule has 3 rings (SSSR count). The standard InChI is InChI=1S/C15H20N4O2S/c1-11-17-13(12-2-6-21-10-12)8-14(18-11)19(4-5-20)9-15-16-3-7-22-15/h3,7-8,12,20H,2,4-6,9-10H2,1H3. The molecule has 0 bridgehead atoms. The minimum Gasteiger partial charge on any atom is -0.395 e. The molecule has 0 spiro atoms. The average Bonchev–Trinajstić information content (AvgIpc) is 3.20. The summed E-state index contributed by atoms with van der Waals surface area (Å²) in [6.07, 6.45) is 2.80. The molecule has 2 aromatic rings. The minimum atomic E-state index is 0.0797. The molecule has 1 unspecified atom stereocenters. The van der Waals surface area contributed by atoms with Gasteiger partial charge in [0.05, 0.1) is 25.5 Å². The fourth-order valence-electron chi connectivity index (χ4n) is 2.60. The lowest BCUT2D eigenvalue weighted by Gasteiger charge is -2.23. The summed E-state index contributed by atoms with van der Waals surface area (Å²) in [7, 11) is 0. The van der Waals surface area contributed by atoms with Gasteiger partial charge in [-0.2, -0.15) is 0 Å². The third-order valence-electron chi connectivity index (χ3n) is 3.70. The predicted molar refractivity (Wildman–Crippen MR) is 85.2 cm³/mol. The van der Waals surface area contributed by atoms with E-state index in [1.54, 1.807) is 17.5 Å². The number of nitrogens with zero attached hydrogens (tertiary/aromatic N) is 4. The predicted octanol–water partition coefficient (Wildman–Crippen LogP) is 1.74. The van der Waals surface area contributed by atoms with Crippen molar-refractivity contribution in [3.05, 3.63) is 34.2 Å². The molecule has 1 atom stereocenters. The number of aryl methyl sites for hydroxylation is 1. The molecule has 0 amide bonds. The Labute approximate surface area is 133 Å². The number of aromatic nitrogens is 3. The van der Waals surface area contributed by atoms with Crippen LogP contribution in [0.4, 0.5) is 5.82 Å². The fourth-order valence-corrected chi connectivity index (χ4v) is 3.23. The average molecular weight is 320 g/mol. The minimum absolute atomic E-state index is 0.0797. The zero-order valence-electron chi connectivity index (χ0n) is 12.6. The van der Waals surface area contributed by atoms with E-state index >= 15 is 0 Å². The highest BCUT2D eigenvalue weighted by atomic mass is 32.1. The van der Waals surface area contributed by atoms with Crippen LogP contribution in [0.1, 0.15) is 28.9 Å². The van der Waals surface area contributed by atoms with Crippen molar-refractivity contribution in [1.29, 1.82) is 0 Å². The van der Waals surface area contributed by atoms with Crippen molar-refractivity contribution in [3.8, 4) is 0 Å². The Morgan fingerprint density at radius 3 is 3.05 bits per heavy atom. The molecule has 2 aromatic heterocycles. The highest BCUT2D eigenvalue weighted by molar-refractivity contribution is 7.09. The molecule has 1 aliphatic rings. The third kappa shape index (κ3) is 3.60. The molecule has 7 heteroatoms. The number of hydrogen-bond donors (Lipinski definition) is 1. The maximum Gasteiger partial charge on any atom is 0.132 e. The van der Waals surface area contributed by atoms with Gasteiger partial charge in [0.2, 0.25) is 0 Å². The lowest BCUT2D eigenvalue weighted by molar-refractivity contribution is 0.193. The Morgan fingerprint density at radius 1 is 1.45 bits per heavy atom. The van der Waals surface area contributed by atoms with Gasteiger partial charge in [0.15, 0.2) is 0 Å². The Bertz CT molecular complexity index is 600. The molecular formula is C15H20N4O2S. The first-order valence-corrected chi connectivity index (χ1v) is 8.31. The summed E-state index contributed by atoms with van der Waals surface area (Å²) in [4.78, 5) is 15.5. The zero-order valence-corrected chi connectivity index (χ0v) is 13.4. The fraction of sp³-hybridized carbons (Fsp3) is 0.533. The van der Waals surface area contributed by atoms with Crippen molar-refractivity contribution in [2.24, 2.45) is 0 Å². The highest BCUT2D eigenvalue weighted by Gasteiger charge is 2.21. The molecule has 1 saturated heterocycles. The van der Waals surface area contributed by atoms with Gasteiger partial charge in [-0.1, -0.05) is 0 Å². The van der Waals surface area contributed by atoms with Crippen molar-refractivity contribution >= 4 is 17.2 Å². The van der Waals surface area contributed by atoms with E-state index < -0.39 is 0 Å². The molecule has 0 saturated carbocycles. The van der Waals surface area contributed by atoms with Crippen molar-refractivity contribution in [1.82, 2.24) is 15.0 Å². The number of ether oxygens (including phenoxy) is 1. The Morgan fingerprint density at radius 2 is 2.36 bits per heavy atom. The number of thiazole rings is 1. The molecule has 0 aliphatic carbocycles. The molecule has 1 aliphatic heterocycles. The lowest BCUT2D eigenvalue weighted by atomic mass is 10.0. The topological polar surface area (TPSA) is 71.4 Å². The smallest absolute Gasteiger partial charge is 0.132 e. The molecule has 0 aromatic carbocycles. The molecule has 1 fully saturated rings. The monoisotopic (exact) mass is 320 g/mol. The van der Waals surface area contributed by atoms with Crippen molar-refractivity contribution < 1.29 is 9.84 Å². The van der Waals surface area contributed by atoms with E-state index in [1.807, 2.05) is 23.3 Å². The van der Waals surface area contributed by atoms with E-state index in [0.29, 0.717) is 19.0 Å². The summed E-state index contributed by atoms with van der Waals surface area (Å²) in [6, 6.07) is 2.02. The van der Waals surface area contributed by atoms with Gasteiger partial charge in [-0.3, -0.25) is 0 Å². The first-order valence-electron chi connectivity index (χ1n) is 7.44. The van der Waals surface area contributed by atoms with Gasteiger partial charge >= 0.3 is 0 Å². The molecule has 1 N–H and O–H groups in total. The third-order valence-corrected chi connectivity index (χ3v) is 4.46. The molecule has 6 nitrogen and oxygen atoms in total. The Kier molecular flexibility index (Phi) is 4.97. The van der Waals surface area contributed by atoms with Gasteiger partial charge in [0, 0.05) is 36.7 Å². The second-order valence-corrected chi connectivity index (χ2v) is 6.31. The van der Waals surface area contributed by atoms with Crippen LogP contribution in [0.2, 0.25) is 0 Å². The van der Waals surface area contributed by atoms with Crippen molar-refractivity contribution in [3.63, 3.8) is 0 Å². The van der Waals surface area contributed by atoms with E-state index in [4.69, 9.17) is 4.74 Å². The quantitative estimate of drug-likeness (QED) is 0.874. The Balaban J connectivity index is 1.85. The van der Waals surface area contributed by atoms with Crippen LogP contribution < -0.4 is 4.90 Å². The second-order valence-electron chi connectivity index (χ2n) is 5.33. The largest absolute Gasteiger partial charge is 0.395 e. The van der Waals surface area contributed by atoms with Gasteiger partial charge in [-0.25, -0.2) is 15.0 Å². The van der Waals surface area contributed by atoms with Crippen molar-refractivity contribution in [2.45, 2.75) is 25.8 Å². The molecule has 118 valence electrons. The van der Waals surface area contributed by atoms with Crippen LogP contribution in [0.15, 0.2) is 17.6 Å². The number of rotatable bonds is 6. The van der Waals surface area contributed by atoms with E-state index in [0.717, 1.165) is 42.0 Å². The summed E-state index contributed by atoms with van der Waals surface area (Å²) in [5.41, 5.74) is 1.03. The maximum atomic E-state index is 9.35. The summed E-state index contributed by atoms with van der Waals surface area (Å²) in [5, 5.41) is 12.3. The molecule has 3 heterocycles. The van der Waals surface area contributed by atoms with Crippen LogP contribution in [0.5, 0.6) is 0 Å². The van der Waals surface area contributed by atoms with Gasteiger partial charge in [0.1, 0.15) is 16.6 Å². The summed E-state index contributed by atoms with van der Waals surface area (Å²) in [6.45, 7) is 4.68. The highest BCUT2D eigenvalue weighted by Crippen LogP contribution is 2.26. The van der Waals surface area contributed by atoms with Gasteiger partial charge in [-0.15, -0.1) is 11.3 Å². The van der Waals surface area contributed by atoms with Gasteiger partial charge in [-0.05, 0) is 13.3 Å². The van der Waals surface area contributed by atoms with Gasteiger partial charge in [0.25, 0.3) is 0 Å². The molecular weight excluding hydrogens is 300 g/mol. The second kappa shape index (κ2) is 7.13. The van der Waals surface area contributed by atoms with E-state index in [2.05, 4.69) is 15.0 Å². The molecule has 0 radical (unpaired) electrons. The van der Waals surface area contributed by atoms with Crippen LogP contribution in [0.25, 0.3) is 0 Å². The number of aliphatic hydroxyl groups is 1. The van der Waals surface area contributed by atoms with Crippen LogP contribution in [-0.4, -0.2) is 46.4 Å². The van der Waals surface area contributed by atoms with E-state index in [9.17, 15) is 5.11 Å². The molecule has 22 heavy (non-hydrogen) atoms. The first kappa shape index (κ1) is 15.3. The lowest BCUT2D eigenvalue weighted by Crippen LogP contribution is -2.27. The number of aliphatic hydroxyl groups excluding tert-OH is 1. The number of anilines is 1. The van der Waals surface area contributed by atoms with Crippen LogP contribution in [-0.2, 0) is 11.3 Å². The number of hydrogen-bond acceptors (Lipinski definition) is 7. The van der Waals surface area contributed by atoms with E-state index in [1.165, 1.54) is 0 Å². The summed E-state index contributed by atoms with van der Waals surface area (Å²) >= 11 is 1.61.